The van der Waals surface area contributed by atoms with Crippen LogP contribution >= 0.6 is 0 Å². The number of piperazine rings is 1. The molecule has 0 bridgehead atoms. The van der Waals surface area contributed by atoms with E-state index in [2.05, 4.69) is 22.1 Å². The molecule has 0 radical (unpaired) electrons. The molecule has 1 aromatic heterocycles. The van der Waals surface area contributed by atoms with Crippen molar-refractivity contribution in [3.8, 4) is 5.88 Å². The van der Waals surface area contributed by atoms with Crippen LogP contribution in [0.15, 0.2) is 18.3 Å². The van der Waals surface area contributed by atoms with Gasteiger partial charge in [0, 0.05) is 45.0 Å². The Balaban J connectivity index is 1.42. The van der Waals surface area contributed by atoms with Crippen LogP contribution in [0.3, 0.4) is 0 Å². The summed E-state index contributed by atoms with van der Waals surface area (Å²) < 4.78 is 5.86. The van der Waals surface area contributed by atoms with Crippen LogP contribution < -0.4 is 10.1 Å². The Bertz CT molecular complexity index is 520. The standard InChI is InChI=1S/C18H28N4O2/c1-2-21-9-11-22(12-10-21)18(23)20-14-15-7-8-17(19-13-15)24-16-5-3-4-6-16/h7-8,13,16H,2-6,9-12,14H2,1H3,(H,20,23). The van der Waals surface area contributed by atoms with Gasteiger partial charge in [0.2, 0.25) is 5.88 Å². The van der Waals surface area contributed by atoms with Crippen molar-refractivity contribution in [2.75, 3.05) is 32.7 Å². The van der Waals surface area contributed by atoms with Gasteiger partial charge < -0.3 is 19.9 Å². The van der Waals surface area contributed by atoms with Gasteiger partial charge in [0.05, 0.1) is 0 Å². The van der Waals surface area contributed by atoms with Gasteiger partial charge in [-0.1, -0.05) is 13.0 Å². The second kappa shape index (κ2) is 8.33. The largest absolute Gasteiger partial charge is 0.474 e. The minimum atomic E-state index is 0.0111. The molecule has 6 heteroatoms. The van der Waals surface area contributed by atoms with Crippen LogP contribution in [0, 0.1) is 0 Å². The van der Waals surface area contributed by atoms with Gasteiger partial charge in [-0.3, -0.25) is 0 Å². The van der Waals surface area contributed by atoms with E-state index in [1.165, 1.54) is 12.8 Å². The molecular weight excluding hydrogens is 304 g/mol. The number of aromatic nitrogens is 1. The van der Waals surface area contributed by atoms with E-state index in [0.717, 1.165) is 51.1 Å². The molecule has 2 heterocycles. The molecule has 24 heavy (non-hydrogen) atoms. The first kappa shape index (κ1) is 17.0. The number of carbonyl (C=O) groups is 1. The van der Waals surface area contributed by atoms with Crippen molar-refractivity contribution < 1.29 is 9.53 Å². The highest BCUT2D eigenvalue weighted by molar-refractivity contribution is 5.74. The van der Waals surface area contributed by atoms with E-state index in [-0.39, 0.29) is 6.03 Å². The molecule has 0 atom stereocenters. The molecule has 2 aliphatic rings. The normalized spacial score (nSPS) is 19.5. The number of carbonyl (C=O) groups excluding carboxylic acids is 1. The molecule has 1 N–H and O–H groups in total. The maximum Gasteiger partial charge on any atom is 0.317 e. The Labute approximate surface area is 144 Å². The van der Waals surface area contributed by atoms with Gasteiger partial charge in [0.25, 0.3) is 0 Å². The fourth-order valence-corrected chi connectivity index (χ4v) is 3.32. The number of hydrogen-bond acceptors (Lipinski definition) is 4. The summed E-state index contributed by atoms with van der Waals surface area (Å²) in [6.45, 7) is 7.22. The summed E-state index contributed by atoms with van der Waals surface area (Å²) in [6, 6.07) is 3.89. The van der Waals surface area contributed by atoms with Gasteiger partial charge >= 0.3 is 6.03 Å². The van der Waals surface area contributed by atoms with Gasteiger partial charge in [0.1, 0.15) is 6.10 Å². The lowest BCUT2D eigenvalue weighted by Gasteiger charge is -2.34. The molecule has 1 aromatic rings. The number of pyridine rings is 1. The Morgan fingerprint density at radius 3 is 2.62 bits per heavy atom. The van der Waals surface area contributed by atoms with Crippen LogP contribution in [0.2, 0.25) is 0 Å². The Morgan fingerprint density at radius 2 is 2.00 bits per heavy atom. The number of urea groups is 1. The van der Waals surface area contributed by atoms with Crippen LogP contribution in [0.25, 0.3) is 0 Å². The second-order valence-electron chi connectivity index (χ2n) is 6.61. The number of amides is 2. The van der Waals surface area contributed by atoms with Crippen molar-refractivity contribution in [1.82, 2.24) is 20.1 Å². The van der Waals surface area contributed by atoms with Crippen molar-refractivity contribution in [1.29, 1.82) is 0 Å². The number of likely N-dealkylation sites (N-methyl/N-ethyl adjacent to an activating group) is 1. The summed E-state index contributed by atoms with van der Waals surface area (Å²) in [6.07, 6.45) is 6.88. The van der Waals surface area contributed by atoms with Gasteiger partial charge in [-0.2, -0.15) is 0 Å². The first-order valence-corrected chi connectivity index (χ1v) is 9.11. The van der Waals surface area contributed by atoms with E-state index >= 15 is 0 Å². The van der Waals surface area contributed by atoms with E-state index in [1.807, 2.05) is 17.0 Å². The zero-order valence-electron chi connectivity index (χ0n) is 14.5. The summed E-state index contributed by atoms with van der Waals surface area (Å²) in [4.78, 5) is 20.8. The van der Waals surface area contributed by atoms with Crippen molar-refractivity contribution in [3.05, 3.63) is 23.9 Å². The van der Waals surface area contributed by atoms with Crippen molar-refractivity contribution in [2.45, 2.75) is 45.3 Å². The third-order valence-electron chi connectivity index (χ3n) is 4.94. The predicted molar refractivity (Wildman–Crippen MR) is 93.0 cm³/mol. The summed E-state index contributed by atoms with van der Waals surface area (Å²) in [5.74, 6) is 0.688. The SMILES string of the molecule is CCN1CCN(C(=O)NCc2ccc(OC3CCCC3)nc2)CC1. The van der Waals surface area contributed by atoms with E-state index < -0.39 is 0 Å². The van der Waals surface area contributed by atoms with Crippen LogP contribution in [-0.2, 0) is 6.54 Å². The maximum atomic E-state index is 12.2. The number of ether oxygens (including phenoxy) is 1. The molecule has 0 spiro atoms. The Hall–Kier alpha value is -1.82. The van der Waals surface area contributed by atoms with Crippen LogP contribution in [0.5, 0.6) is 5.88 Å². The highest BCUT2D eigenvalue weighted by Gasteiger charge is 2.20. The highest BCUT2D eigenvalue weighted by atomic mass is 16.5. The molecule has 1 aliphatic heterocycles. The molecule has 1 aliphatic carbocycles. The lowest BCUT2D eigenvalue weighted by atomic mass is 10.3. The van der Waals surface area contributed by atoms with Gasteiger partial charge in [-0.15, -0.1) is 0 Å². The van der Waals surface area contributed by atoms with E-state index in [4.69, 9.17) is 4.74 Å². The molecule has 1 saturated heterocycles. The van der Waals surface area contributed by atoms with Crippen LogP contribution in [0.1, 0.15) is 38.2 Å². The zero-order valence-corrected chi connectivity index (χ0v) is 14.5. The van der Waals surface area contributed by atoms with Gasteiger partial charge in [-0.25, -0.2) is 9.78 Å². The minimum absolute atomic E-state index is 0.0111. The van der Waals surface area contributed by atoms with Crippen LogP contribution in [0.4, 0.5) is 4.79 Å². The zero-order chi connectivity index (χ0) is 16.8. The molecule has 0 unspecified atom stereocenters. The van der Waals surface area contributed by atoms with Crippen molar-refractivity contribution in [3.63, 3.8) is 0 Å². The van der Waals surface area contributed by atoms with Gasteiger partial charge in [0.15, 0.2) is 0 Å². The second-order valence-corrected chi connectivity index (χ2v) is 6.61. The van der Waals surface area contributed by atoms with Crippen LogP contribution in [-0.4, -0.2) is 59.6 Å². The highest BCUT2D eigenvalue weighted by Crippen LogP contribution is 2.22. The Kier molecular flexibility index (Phi) is 5.91. The van der Waals surface area contributed by atoms with E-state index in [1.54, 1.807) is 6.20 Å². The summed E-state index contributed by atoms with van der Waals surface area (Å²) in [5.41, 5.74) is 0.995. The average molecular weight is 332 g/mol. The number of nitrogens with one attached hydrogen (secondary N) is 1. The number of rotatable bonds is 5. The quantitative estimate of drug-likeness (QED) is 0.898. The average Bonchev–Trinajstić information content (AvgIpc) is 3.14. The third-order valence-corrected chi connectivity index (χ3v) is 4.94. The first-order chi connectivity index (χ1) is 11.7. The van der Waals surface area contributed by atoms with E-state index in [9.17, 15) is 4.79 Å². The van der Waals surface area contributed by atoms with Crippen molar-refractivity contribution in [2.24, 2.45) is 0 Å². The fraction of sp³-hybridized carbons (Fsp3) is 0.667. The molecule has 3 rings (SSSR count). The maximum absolute atomic E-state index is 12.2. The molecule has 6 nitrogen and oxygen atoms in total. The summed E-state index contributed by atoms with van der Waals surface area (Å²) in [5, 5.41) is 2.98. The Morgan fingerprint density at radius 1 is 1.25 bits per heavy atom. The molecule has 2 amide bonds. The summed E-state index contributed by atoms with van der Waals surface area (Å²) >= 11 is 0. The molecule has 132 valence electrons. The first-order valence-electron chi connectivity index (χ1n) is 9.11. The molecule has 2 fully saturated rings. The van der Waals surface area contributed by atoms with Crippen molar-refractivity contribution >= 4 is 6.03 Å². The lowest BCUT2D eigenvalue weighted by molar-refractivity contribution is 0.142. The van der Waals surface area contributed by atoms with E-state index in [0.29, 0.717) is 18.5 Å². The topological polar surface area (TPSA) is 57.7 Å². The number of nitrogens with zero attached hydrogens (tertiary/aromatic N) is 3. The summed E-state index contributed by atoms with van der Waals surface area (Å²) in [7, 11) is 0. The molecule has 0 aromatic carbocycles. The number of hydrogen-bond donors (Lipinski definition) is 1. The molecular formula is C18H28N4O2. The smallest absolute Gasteiger partial charge is 0.317 e. The monoisotopic (exact) mass is 332 g/mol. The third kappa shape index (κ3) is 4.60. The van der Waals surface area contributed by atoms with Gasteiger partial charge in [-0.05, 0) is 37.8 Å². The minimum Gasteiger partial charge on any atom is -0.474 e. The predicted octanol–water partition coefficient (Wildman–Crippen LogP) is 2.25. The molecule has 1 saturated carbocycles. The lowest BCUT2D eigenvalue weighted by Crippen LogP contribution is -2.51. The fourth-order valence-electron chi connectivity index (χ4n) is 3.32.